The minimum Gasteiger partial charge on any atom is -0.339 e. The van der Waals surface area contributed by atoms with Gasteiger partial charge in [0.25, 0.3) is 0 Å². The summed E-state index contributed by atoms with van der Waals surface area (Å²) in [5, 5.41) is 9.28. The van der Waals surface area contributed by atoms with E-state index in [9.17, 15) is 10.1 Å². The number of carbonyl (C=O) groups is 1. The fourth-order valence-corrected chi connectivity index (χ4v) is 2.19. The Kier molecular flexibility index (Phi) is 3.62. The molecule has 0 saturated heterocycles. The molecule has 0 spiro atoms. The Morgan fingerprint density at radius 2 is 1.94 bits per heavy atom. The number of nitriles is 1. The maximum atomic E-state index is 12.4. The van der Waals surface area contributed by atoms with Crippen LogP contribution in [0.15, 0.2) is 0 Å². The Bertz CT molecular complexity index is 308. The number of hydrogen-bond donors (Lipinski definition) is 0. The zero-order chi connectivity index (χ0) is 12.4. The van der Waals surface area contributed by atoms with Gasteiger partial charge < -0.3 is 4.90 Å². The maximum Gasteiger partial charge on any atom is 0.243 e. The summed E-state index contributed by atoms with van der Waals surface area (Å²) in [4.78, 5) is 14.2. The van der Waals surface area contributed by atoms with Crippen molar-refractivity contribution in [1.29, 1.82) is 5.26 Å². The normalized spacial score (nSPS) is 19.2. The van der Waals surface area contributed by atoms with Crippen LogP contribution in [0.2, 0.25) is 0 Å². The van der Waals surface area contributed by atoms with Gasteiger partial charge in [-0.3, -0.25) is 4.79 Å². The lowest BCUT2D eigenvalue weighted by Gasteiger charge is -2.38. The van der Waals surface area contributed by atoms with E-state index in [-0.39, 0.29) is 11.4 Å². The van der Waals surface area contributed by atoms with Gasteiger partial charge in [-0.1, -0.05) is 19.8 Å². The van der Waals surface area contributed by atoms with Crippen molar-refractivity contribution >= 4 is 5.91 Å². The first-order valence-electron chi connectivity index (χ1n) is 6.09. The van der Waals surface area contributed by atoms with E-state index < -0.39 is 5.41 Å². The van der Waals surface area contributed by atoms with Crippen LogP contribution in [-0.2, 0) is 4.79 Å². The molecule has 0 bridgehead atoms. The summed E-state index contributed by atoms with van der Waals surface area (Å²) in [6, 6.07) is 2.26. The first-order valence-corrected chi connectivity index (χ1v) is 6.09. The molecule has 1 amide bonds. The molecule has 3 nitrogen and oxygen atoms in total. The summed E-state index contributed by atoms with van der Waals surface area (Å²) in [5.74, 6) is 0.0133. The lowest BCUT2D eigenvalue weighted by Crippen LogP contribution is -2.50. The number of hydrogen-bond acceptors (Lipinski definition) is 2. The quantitative estimate of drug-likeness (QED) is 0.737. The summed E-state index contributed by atoms with van der Waals surface area (Å²) < 4.78 is 0. The molecule has 0 radical (unpaired) electrons. The van der Waals surface area contributed by atoms with E-state index in [0.29, 0.717) is 0 Å². The Morgan fingerprint density at radius 1 is 1.44 bits per heavy atom. The molecular formula is C13H22N2O. The number of carbonyl (C=O) groups excluding carboxylic acids is 1. The fourth-order valence-electron chi connectivity index (χ4n) is 2.19. The molecule has 0 atom stereocenters. The summed E-state index contributed by atoms with van der Waals surface area (Å²) in [6.45, 7) is 6.16. The molecule has 0 aliphatic heterocycles. The molecule has 1 rings (SSSR count). The van der Waals surface area contributed by atoms with Crippen LogP contribution in [0.3, 0.4) is 0 Å². The van der Waals surface area contributed by atoms with Gasteiger partial charge in [0.15, 0.2) is 0 Å². The molecule has 90 valence electrons. The molecule has 3 heteroatoms. The SMILES string of the molecule is CCC(C)(C)N(C)C(=O)C1(C#N)CCCC1. The highest BCUT2D eigenvalue weighted by atomic mass is 16.2. The first kappa shape index (κ1) is 13.0. The van der Waals surface area contributed by atoms with Gasteiger partial charge in [0.05, 0.1) is 6.07 Å². The third kappa shape index (κ3) is 2.07. The van der Waals surface area contributed by atoms with E-state index in [2.05, 4.69) is 13.0 Å². The van der Waals surface area contributed by atoms with E-state index in [1.54, 1.807) is 4.90 Å². The lowest BCUT2D eigenvalue weighted by molar-refractivity contribution is -0.142. The standard InChI is InChI=1S/C13H22N2O/c1-5-12(2,3)15(4)11(16)13(10-14)8-6-7-9-13/h5-9H2,1-4H3. The second kappa shape index (κ2) is 4.45. The number of amides is 1. The van der Waals surface area contributed by atoms with Crippen LogP contribution in [-0.4, -0.2) is 23.4 Å². The molecule has 1 fully saturated rings. The van der Waals surface area contributed by atoms with Crippen LogP contribution >= 0.6 is 0 Å². The largest absolute Gasteiger partial charge is 0.339 e. The minimum atomic E-state index is -0.735. The molecule has 16 heavy (non-hydrogen) atoms. The number of rotatable bonds is 3. The highest BCUT2D eigenvalue weighted by Gasteiger charge is 2.45. The molecule has 1 aliphatic rings. The van der Waals surface area contributed by atoms with Crippen molar-refractivity contribution in [2.75, 3.05) is 7.05 Å². The van der Waals surface area contributed by atoms with Crippen LogP contribution < -0.4 is 0 Å². The third-order valence-electron chi connectivity index (χ3n) is 4.16. The van der Waals surface area contributed by atoms with Gasteiger partial charge in [-0.2, -0.15) is 5.26 Å². The molecule has 1 aliphatic carbocycles. The molecule has 0 heterocycles. The van der Waals surface area contributed by atoms with Gasteiger partial charge >= 0.3 is 0 Å². The minimum absolute atomic E-state index is 0.0133. The van der Waals surface area contributed by atoms with E-state index in [1.807, 2.05) is 20.9 Å². The van der Waals surface area contributed by atoms with Crippen LogP contribution in [0.1, 0.15) is 52.9 Å². The maximum absolute atomic E-state index is 12.4. The third-order valence-corrected chi connectivity index (χ3v) is 4.16. The zero-order valence-electron chi connectivity index (χ0n) is 10.8. The highest BCUT2D eigenvalue weighted by Crippen LogP contribution is 2.40. The Hall–Kier alpha value is -1.04. The molecule has 1 saturated carbocycles. The van der Waals surface area contributed by atoms with Gasteiger partial charge in [0.1, 0.15) is 5.41 Å². The number of nitrogens with zero attached hydrogens (tertiary/aromatic N) is 2. The van der Waals surface area contributed by atoms with Crippen molar-refractivity contribution in [3.8, 4) is 6.07 Å². The van der Waals surface area contributed by atoms with Gasteiger partial charge in [-0.15, -0.1) is 0 Å². The van der Waals surface area contributed by atoms with E-state index >= 15 is 0 Å². The second-order valence-electron chi connectivity index (χ2n) is 5.43. The summed E-state index contributed by atoms with van der Waals surface area (Å²) in [7, 11) is 1.82. The van der Waals surface area contributed by atoms with Crippen molar-refractivity contribution in [2.24, 2.45) is 5.41 Å². The van der Waals surface area contributed by atoms with Crippen LogP contribution in [0.5, 0.6) is 0 Å². The average Bonchev–Trinajstić information content (AvgIpc) is 2.76. The second-order valence-corrected chi connectivity index (χ2v) is 5.43. The smallest absolute Gasteiger partial charge is 0.243 e. The first-order chi connectivity index (χ1) is 7.39. The van der Waals surface area contributed by atoms with Crippen LogP contribution in [0.4, 0.5) is 0 Å². The Balaban J connectivity index is 2.89. The van der Waals surface area contributed by atoms with Crippen LogP contribution in [0.25, 0.3) is 0 Å². The monoisotopic (exact) mass is 222 g/mol. The molecule has 0 aromatic heterocycles. The van der Waals surface area contributed by atoms with Gasteiger partial charge in [0, 0.05) is 12.6 Å². The summed E-state index contributed by atoms with van der Waals surface area (Å²) >= 11 is 0. The van der Waals surface area contributed by atoms with Crippen LogP contribution in [0, 0.1) is 16.7 Å². The topological polar surface area (TPSA) is 44.1 Å². The molecule has 0 aromatic carbocycles. The summed E-state index contributed by atoms with van der Waals surface area (Å²) in [6.07, 6.45) is 4.36. The average molecular weight is 222 g/mol. The molecular weight excluding hydrogens is 200 g/mol. The van der Waals surface area contributed by atoms with Crippen molar-refractivity contribution in [3.05, 3.63) is 0 Å². The predicted octanol–water partition coefficient (Wildman–Crippen LogP) is 2.72. The van der Waals surface area contributed by atoms with Crippen molar-refractivity contribution in [1.82, 2.24) is 4.90 Å². The lowest BCUT2D eigenvalue weighted by atomic mass is 9.84. The molecule has 0 N–H and O–H groups in total. The van der Waals surface area contributed by atoms with Crippen molar-refractivity contribution in [2.45, 2.75) is 58.4 Å². The van der Waals surface area contributed by atoms with Gasteiger partial charge in [-0.25, -0.2) is 0 Å². The highest BCUT2D eigenvalue weighted by molar-refractivity contribution is 5.86. The van der Waals surface area contributed by atoms with Crippen molar-refractivity contribution < 1.29 is 4.79 Å². The van der Waals surface area contributed by atoms with E-state index in [4.69, 9.17) is 0 Å². The Labute approximate surface area is 98.4 Å². The van der Waals surface area contributed by atoms with Gasteiger partial charge in [-0.05, 0) is 33.1 Å². The Morgan fingerprint density at radius 3 is 2.31 bits per heavy atom. The van der Waals surface area contributed by atoms with Crippen molar-refractivity contribution in [3.63, 3.8) is 0 Å². The van der Waals surface area contributed by atoms with E-state index in [0.717, 1.165) is 32.1 Å². The molecule has 0 aromatic rings. The summed E-state index contributed by atoms with van der Waals surface area (Å²) in [5.41, 5.74) is -0.898. The predicted molar refractivity (Wildman–Crippen MR) is 63.7 cm³/mol. The molecule has 0 unspecified atom stereocenters. The van der Waals surface area contributed by atoms with E-state index in [1.165, 1.54) is 0 Å². The fraction of sp³-hybridized carbons (Fsp3) is 0.846. The van der Waals surface area contributed by atoms with Gasteiger partial charge in [0.2, 0.25) is 5.91 Å². The zero-order valence-corrected chi connectivity index (χ0v) is 10.8.